The maximum Gasteiger partial charge on any atom is 0.270 e. The van der Waals surface area contributed by atoms with Gasteiger partial charge in [-0.3, -0.25) is 4.99 Å². The SMILES string of the molecule is C/N=c1/c(O)c(-c2nnc(Cc3ccc(F)cc3)o2)ncn1C. The highest BCUT2D eigenvalue weighted by atomic mass is 19.1. The van der Waals surface area contributed by atoms with Gasteiger partial charge in [0.1, 0.15) is 5.82 Å². The van der Waals surface area contributed by atoms with Crippen LogP contribution in [0.15, 0.2) is 40.0 Å². The summed E-state index contributed by atoms with van der Waals surface area (Å²) < 4.78 is 20.0. The van der Waals surface area contributed by atoms with Crippen LogP contribution in [-0.4, -0.2) is 31.9 Å². The summed E-state index contributed by atoms with van der Waals surface area (Å²) >= 11 is 0. The van der Waals surface area contributed by atoms with E-state index >= 15 is 0 Å². The molecule has 3 aromatic rings. The van der Waals surface area contributed by atoms with E-state index in [2.05, 4.69) is 20.2 Å². The maximum absolute atomic E-state index is 12.9. The standard InChI is InChI=1S/C15H14FN5O2/c1-17-14-13(22)12(18-8-21(14)2)15-20-19-11(23-15)7-9-3-5-10(16)6-4-9/h3-6,8,22H,7H2,1-2H3/b17-14-. The van der Waals surface area contributed by atoms with Crippen LogP contribution >= 0.6 is 0 Å². The number of aromatic hydroxyl groups is 1. The van der Waals surface area contributed by atoms with Crippen LogP contribution in [0.4, 0.5) is 4.39 Å². The first-order valence-corrected chi connectivity index (χ1v) is 6.83. The highest BCUT2D eigenvalue weighted by Gasteiger charge is 2.16. The van der Waals surface area contributed by atoms with Crippen molar-refractivity contribution in [3.05, 3.63) is 53.4 Å². The lowest BCUT2D eigenvalue weighted by Crippen LogP contribution is -2.19. The Morgan fingerprint density at radius 2 is 2.00 bits per heavy atom. The Morgan fingerprint density at radius 3 is 2.70 bits per heavy atom. The van der Waals surface area contributed by atoms with Crippen molar-refractivity contribution in [1.29, 1.82) is 0 Å². The molecule has 0 amide bonds. The number of nitrogens with zero attached hydrogens (tertiary/aromatic N) is 5. The molecule has 0 saturated heterocycles. The Morgan fingerprint density at radius 1 is 1.26 bits per heavy atom. The minimum atomic E-state index is -0.304. The molecule has 23 heavy (non-hydrogen) atoms. The van der Waals surface area contributed by atoms with Gasteiger partial charge in [0.2, 0.25) is 5.89 Å². The van der Waals surface area contributed by atoms with E-state index in [1.807, 2.05) is 0 Å². The van der Waals surface area contributed by atoms with E-state index in [1.165, 1.54) is 18.5 Å². The molecule has 118 valence electrons. The lowest BCUT2D eigenvalue weighted by molar-refractivity contribution is 0.448. The molecule has 0 unspecified atom stereocenters. The quantitative estimate of drug-likeness (QED) is 0.790. The molecule has 0 aliphatic rings. The number of aromatic nitrogens is 4. The Bertz CT molecular complexity index is 899. The summed E-state index contributed by atoms with van der Waals surface area (Å²) in [5.74, 6) is 0.0118. The molecule has 0 aliphatic heterocycles. The van der Waals surface area contributed by atoms with Gasteiger partial charge in [-0.25, -0.2) is 9.37 Å². The number of hydrogen-bond acceptors (Lipinski definition) is 6. The van der Waals surface area contributed by atoms with E-state index in [9.17, 15) is 9.50 Å². The molecule has 2 heterocycles. The molecule has 0 radical (unpaired) electrons. The molecule has 0 bridgehead atoms. The zero-order valence-corrected chi connectivity index (χ0v) is 12.6. The van der Waals surface area contributed by atoms with Crippen molar-refractivity contribution in [2.45, 2.75) is 6.42 Å². The number of aryl methyl sites for hydroxylation is 1. The summed E-state index contributed by atoms with van der Waals surface area (Å²) in [6, 6.07) is 6.02. The molecule has 0 spiro atoms. The van der Waals surface area contributed by atoms with Gasteiger partial charge in [0.15, 0.2) is 16.9 Å². The molecule has 0 atom stereocenters. The minimum absolute atomic E-state index is 0.102. The van der Waals surface area contributed by atoms with Gasteiger partial charge < -0.3 is 14.1 Å². The zero-order chi connectivity index (χ0) is 16.4. The van der Waals surface area contributed by atoms with Crippen LogP contribution < -0.4 is 5.49 Å². The number of halogens is 1. The van der Waals surface area contributed by atoms with E-state index in [4.69, 9.17) is 4.42 Å². The van der Waals surface area contributed by atoms with Gasteiger partial charge >= 0.3 is 0 Å². The first-order chi connectivity index (χ1) is 11.1. The Labute approximate surface area is 130 Å². The minimum Gasteiger partial charge on any atom is -0.503 e. The molecular formula is C15H14FN5O2. The van der Waals surface area contributed by atoms with E-state index in [1.54, 1.807) is 30.8 Å². The van der Waals surface area contributed by atoms with Gasteiger partial charge in [-0.05, 0) is 17.7 Å². The van der Waals surface area contributed by atoms with Crippen molar-refractivity contribution in [3.8, 4) is 17.3 Å². The van der Waals surface area contributed by atoms with E-state index < -0.39 is 0 Å². The number of hydrogen-bond donors (Lipinski definition) is 1. The monoisotopic (exact) mass is 315 g/mol. The van der Waals surface area contributed by atoms with Crippen LogP contribution in [0.25, 0.3) is 11.6 Å². The van der Waals surface area contributed by atoms with Crippen molar-refractivity contribution in [1.82, 2.24) is 19.7 Å². The topological polar surface area (TPSA) is 89.3 Å². The highest BCUT2D eigenvalue weighted by molar-refractivity contribution is 5.54. The molecule has 0 saturated carbocycles. The summed E-state index contributed by atoms with van der Waals surface area (Å²) in [6.07, 6.45) is 1.86. The third kappa shape index (κ3) is 2.96. The van der Waals surface area contributed by atoms with Gasteiger partial charge in [0.25, 0.3) is 5.89 Å². The van der Waals surface area contributed by atoms with Crippen molar-refractivity contribution >= 4 is 0 Å². The van der Waals surface area contributed by atoms with Gasteiger partial charge in [-0.2, -0.15) is 0 Å². The van der Waals surface area contributed by atoms with Crippen LogP contribution in [0.3, 0.4) is 0 Å². The van der Waals surface area contributed by atoms with Crippen LogP contribution in [0, 0.1) is 5.82 Å². The summed E-state index contributed by atoms with van der Waals surface area (Å²) in [6.45, 7) is 0. The van der Waals surface area contributed by atoms with Gasteiger partial charge in [-0.1, -0.05) is 12.1 Å². The summed E-state index contributed by atoms with van der Waals surface area (Å²) in [5, 5.41) is 18.0. The second kappa shape index (κ2) is 5.99. The second-order valence-electron chi connectivity index (χ2n) is 4.90. The van der Waals surface area contributed by atoms with Crippen LogP contribution in [0.2, 0.25) is 0 Å². The van der Waals surface area contributed by atoms with E-state index in [0.717, 1.165) is 5.56 Å². The van der Waals surface area contributed by atoms with Crippen molar-refractivity contribution in [3.63, 3.8) is 0 Å². The Balaban J connectivity index is 1.92. The molecule has 1 N–H and O–H groups in total. The fourth-order valence-electron chi connectivity index (χ4n) is 2.15. The van der Waals surface area contributed by atoms with Crippen molar-refractivity contribution in [2.75, 3.05) is 7.05 Å². The Kier molecular flexibility index (Phi) is 3.88. The maximum atomic E-state index is 12.9. The predicted octanol–water partition coefficient (Wildman–Crippen LogP) is 1.44. The van der Waals surface area contributed by atoms with Gasteiger partial charge in [0, 0.05) is 14.1 Å². The zero-order valence-electron chi connectivity index (χ0n) is 12.6. The molecule has 0 fully saturated rings. The fourth-order valence-corrected chi connectivity index (χ4v) is 2.15. The van der Waals surface area contributed by atoms with Crippen LogP contribution in [0.1, 0.15) is 11.5 Å². The van der Waals surface area contributed by atoms with E-state index in [0.29, 0.717) is 17.8 Å². The smallest absolute Gasteiger partial charge is 0.270 e. The largest absolute Gasteiger partial charge is 0.503 e. The third-order valence-corrected chi connectivity index (χ3v) is 3.28. The molecule has 2 aromatic heterocycles. The second-order valence-corrected chi connectivity index (χ2v) is 4.90. The molecule has 8 heteroatoms. The Hall–Kier alpha value is -3.03. The lowest BCUT2D eigenvalue weighted by Gasteiger charge is -2.03. The molecular weight excluding hydrogens is 301 g/mol. The summed E-state index contributed by atoms with van der Waals surface area (Å²) in [5.41, 5.74) is 1.36. The summed E-state index contributed by atoms with van der Waals surface area (Å²) in [7, 11) is 3.28. The third-order valence-electron chi connectivity index (χ3n) is 3.28. The van der Waals surface area contributed by atoms with Gasteiger partial charge in [-0.15, -0.1) is 10.2 Å². The average molecular weight is 315 g/mol. The van der Waals surface area contributed by atoms with Crippen LogP contribution in [0.5, 0.6) is 5.75 Å². The normalized spacial score (nSPS) is 11.9. The van der Waals surface area contributed by atoms with Crippen molar-refractivity contribution < 1.29 is 13.9 Å². The van der Waals surface area contributed by atoms with Crippen molar-refractivity contribution in [2.24, 2.45) is 12.0 Å². The predicted molar refractivity (Wildman–Crippen MR) is 78.9 cm³/mol. The van der Waals surface area contributed by atoms with E-state index in [-0.39, 0.29) is 23.2 Å². The number of rotatable bonds is 3. The van der Waals surface area contributed by atoms with Crippen LogP contribution in [-0.2, 0) is 13.5 Å². The molecule has 3 rings (SSSR count). The fraction of sp³-hybridized carbons (Fsp3) is 0.200. The first kappa shape index (κ1) is 14.9. The first-order valence-electron chi connectivity index (χ1n) is 6.83. The average Bonchev–Trinajstić information content (AvgIpc) is 2.98. The highest BCUT2D eigenvalue weighted by Crippen LogP contribution is 2.22. The lowest BCUT2D eigenvalue weighted by atomic mass is 10.1. The molecule has 1 aromatic carbocycles. The number of benzene rings is 1. The molecule has 7 nitrogen and oxygen atoms in total. The molecule has 0 aliphatic carbocycles. The van der Waals surface area contributed by atoms with Gasteiger partial charge in [0.05, 0.1) is 12.7 Å². The summed E-state index contributed by atoms with van der Waals surface area (Å²) in [4.78, 5) is 8.08.